The van der Waals surface area contributed by atoms with Crippen LogP contribution in [0.5, 0.6) is 0 Å². The van der Waals surface area contributed by atoms with Crippen LogP contribution in [0.4, 0.5) is 0 Å². The first-order valence-corrected chi connectivity index (χ1v) is 34.0. The summed E-state index contributed by atoms with van der Waals surface area (Å²) in [6, 6.07) is 0. The number of hydrogen-bond acceptors (Lipinski definition) is 2. The molecule has 0 spiro atoms. The van der Waals surface area contributed by atoms with Gasteiger partial charge in [-0.3, -0.25) is 4.79 Å². The molecule has 0 aliphatic rings. The summed E-state index contributed by atoms with van der Waals surface area (Å²) in [4.78, 5) is 12.2. The van der Waals surface area contributed by atoms with Gasteiger partial charge < -0.3 is 4.74 Å². The smallest absolute Gasteiger partial charge is 0.305 e. The molecule has 0 heterocycles. The van der Waals surface area contributed by atoms with Crippen molar-refractivity contribution < 1.29 is 9.53 Å². The highest BCUT2D eigenvalue weighted by Gasteiger charge is 2.04. The second-order valence-corrected chi connectivity index (χ2v) is 23.5. The number of carbonyl (C=O) groups excluding carboxylic acids is 1. The SMILES string of the molecule is CCCCCCCCCCCCCCCCCCCCCCCCCCCCCCCCCCCCCC(=O)OCCCCCCCCCCCCCCCCCCCCCCCCCCCCCC. The minimum atomic E-state index is 0.0380. The lowest BCUT2D eigenvalue weighted by Crippen LogP contribution is -2.05. The van der Waals surface area contributed by atoms with Gasteiger partial charge in [-0.25, -0.2) is 0 Å². The van der Waals surface area contributed by atoms with E-state index in [4.69, 9.17) is 4.74 Å². The summed E-state index contributed by atoms with van der Waals surface area (Å²) in [5.74, 6) is 0.0380. The Morgan fingerprint density at radius 1 is 0.186 bits per heavy atom. The molecule has 2 heteroatoms. The number of ether oxygens (including phenoxy) is 1. The minimum Gasteiger partial charge on any atom is -0.466 e. The highest BCUT2D eigenvalue weighted by molar-refractivity contribution is 5.69. The van der Waals surface area contributed by atoms with E-state index in [1.807, 2.05) is 0 Å². The van der Waals surface area contributed by atoms with Crippen molar-refractivity contribution in [2.75, 3.05) is 6.61 Å². The highest BCUT2D eigenvalue weighted by atomic mass is 16.5. The lowest BCUT2D eigenvalue weighted by molar-refractivity contribution is -0.143. The van der Waals surface area contributed by atoms with Crippen LogP contribution >= 0.6 is 0 Å². The topological polar surface area (TPSA) is 26.3 Å². The van der Waals surface area contributed by atoms with Gasteiger partial charge in [0.25, 0.3) is 0 Å². The van der Waals surface area contributed by atoms with Gasteiger partial charge in [-0.15, -0.1) is 0 Å². The molecule has 0 aliphatic carbocycles. The van der Waals surface area contributed by atoms with Crippen LogP contribution in [0.3, 0.4) is 0 Å². The predicted octanol–water partition coefficient (Wildman–Crippen LogP) is 25.5. The van der Waals surface area contributed by atoms with Gasteiger partial charge in [0.1, 0.15) is 0 Å². The Morgan fingerprint density at radius 3 is 0.471 bits per heavy atom. The zero-order valence-electron chi connectivity index (χ0n) is 49.3. The van der Waals surface area contributed by atoms with Crippen molar-refractivity contribution >= 4 is 5.97 Å². The fourth-order valence-electron chi connectivity index (χ4n) is 11.2. The van der Waals surface area contributed by atoms with Crippen molar-refractivity contribution in [3.05, 3.63) is 0 Å². The second kappa shape index (κ2) is 66.5. The Hall–Kier alpha value is -0.530. The first-order valence-electron chi connectivity index (χ1n) is 34.0. The molecule has 0 aromatic heterocycles. The Labute approximate surface area is 444 Å². The molecule has 0 bridgehead atoms. The van der Waals surface area contributed by atoms with E-state index in [-0.39, 0.29) is 5.97 Å². The van der Waals surface area contributed by atoms with Crippen LogP contribution in [0.1, 0.15) is 425 Å². The molecule has 0 atom stereocenters. The molecular weight excluding hydrogens is 849 g/mol. The molecule has 0 radical (unpaired) electrons. The molecule has 0 rings (SSSR count). The molecule has 0 saturated heterocycles. The monoisotopic (exact) mass is 985 g/mol. The summed E-state index contributed by atoms with van der Waals surface area (Å²) in [5.41, 5.74) is 0. The van der Waals surface area contributed by atoms with E-state index >= 15 is 0 Å². The zero-order valence-corrected chi connectivity index (χ0v) is 49.3. The van der Waals surface area contributed by atoms with Crippen molar-refractivity contribution in [3.8, 4) is 0 Å². The van der Waals surface area contributed by atoms with Gasteiger partial charge in [0.05, 0.1) is 6.61 Å². The van der Waals surface area contributed by atoms with Crippen molar-refractivity contribution in [1.29, 1.82) is 0 Å². The fourth-order valence-corrected chi connectivity index (χ4v) is 11.2. The molecule has 70 heavy (non-hydrogen) atoms. The van der Waals surface area contributed by atoms with Crippen molar-refractivity contribution in [2.45, 2.75) is 425 Å². The first-order chi connectivity index (χ1) is 34.8. The molecule has 2 nitrogen and oxygen atoms in total. The van der Waals surface area contributed by atoms with Gasteiger partial charge in [0.15, 0.2) is 0 Å². The molecule has 420 valence electrons. The van der Waals surface area contributed by atoms with Crippen LogP contribution in [0.25, 0.3) is 0 Å². The summed E-state index contributed by atoms with van der Waals surface area (Å²) in [6.07, 6.45) is 90.7. The molecular formula is C68H136O2. The lowest BCUT2D eigenvalue weighted by Gasteiger charge is -2.06. The largest absolute Gasteiger partial charge is 0.466 e. The number of unbranched alkanes of at least 4 members (excludes halogenated alkanes) is 61. The molecule has 0 N–H and O–H groups in total. The summed E-state index contributed by atoms with van der Waals surface area (Å²) in [5, 5.41) is 0. The van der Waals surface area contributed by atoms with Gasteiger partial charge in [0.2, 0.25) is 0 Å². The zero-order chi connectivity index (χ0) is 50.2. The average Bonchev–Trinajstić information content (AvgIpc) is 3.37. The molecule has 0 unspecified atom stereocenters. The Kier molecular flexibility index (Phi) is 66.0. The maximum atomic E-state index is 12.2. The van der Waals surface area contributed by atoms with Crippen molar-refractivity contribution in [1.82, 2.24) is 0 Å². The number of esters is 1. The molecule has 0 aliphatic heterocycles. The van der Waals surface area contributed by atoms with E-state index in [1.165, 1.54) is 392 Å². The lowest BCUT2D eigenvalue weighted by atomic mass is 10.0. The van der Waals surface area contributed by atoms with Crippen LogP contribution < -0.4 is 0 Å². The number of hydrogen-bond donors (Lipinski definition) is 0. The van der Waals surface area contributed by atoms with Gasteiger partial charge in [-0.2, -0.15) is 0 Å². The Bertz CT molecular complexity index is 898. The summed E-state index contributed by atoms with van der Waals surface area (Å²) >= 11 is 0. The summed E-state index contributed by atoms with van der Waals surface area (Å²) in [6.45, 7) is 5.26. The predicted molar refractivity (Wildman–Crippen MR) is 318 cm³/mol. The Balaban J connectivity index is 3.14. The third-order valence-corrected chi connectivity index (χ3v) is 16.2. The van der Waals surface area contributed by atoms with E-state index in [0.29, 0.717) is 13.0 Å². The van der Waals surface area contributed by atoms with Crippen LogP contribution in [0.15, 0.2) is 0 Å². The maximum Gasteiger partial charge on any atom is 0.305 e. The third kappa shape index (κ3) is 65.5. The quantitative estimate of drug-likeness (QED) is 0.0448. The molecule has 0 fully saturated rings. The van der Waals surface area contributed by atoms with Crippen molar-refractivity contribution in [3.63, 3.8) is 0 Å². The van der Waals surface area contributed by atoms with Gasteiger partial charge in [0, 0.05) is 6.42 Å². The van der Waals surface area contributed by atoms with Crippen LogP contribution in [0.2, 0.25) is 0 Å². The van der Waals surface area contributed by atoms with E-state index in [9.17, 15) is 4.79 Å². The van der Waals surface area contributed by atoms with E-state index in [1.54, 1.807) is 0 Å². The molecule has 0 saturated carbocycles. The average molecular weight is 986 g/mol. The van der Waals surface area contributed by atoms with E-state index in [2.05, 4.69) is 13.8 Å². The van der Waals surface area contributed by atoms with Crippen LogP contribution in [-0.4, -0.2) is 12.6 Å². The minimum absolute atomic E-state index is 0.0380. The normalized spacial score (nSPS) is 11.6. The van der Waals surface area contributed by atoms with Crippen molar-refractivity contribution in [2.24, 2.45) is 0 Å². The second-order valence-electron chi connectivity index (χ2n) is 23.5. The van der Waals surface area contributed by atoms with Gasteiger partial charge in [-0.05, 0) is 12.8 Å². The summed E-state index contributed by atoms with van der Waals surface area (Å²) < 4.78 is 5.53. The number of rotatable bonds is 65. The Morgan fingerprint density at radius 2 is 0.314 bits per heavy atom. The summed E-state index contributed by atoms with van der Waals surface area (Å²) in [7, 11) is 0. The molecule has 0 aromatic carbocycles. The fraction of sp³-hybridized carbons (Fsp3) is 0.985. The van der Waals surface area contributed by atoms with Crippen LogP contribution in [0, 0.1) is 0 Å². The standard InChI is InChI=1S/C68H136O2/c1-3-5-7-9-11-13-15-17-19-21-23-25-27-29-31-33-34-35-36-37-38-39-40-42-44-46-48-50-52-54-56-58-60-62-64-66-68(69)70-67-65-63-61-59-57-55-53-51-49-47-45-43-41-32-30-28-26-24-22-20-18-16-14-12-10-8-6-4-2/h3-67H2,1-2H3. The van der Waals surface area contributed by atoms with E-state index in [0.717, 1.165) is 12.8 Å². The van der Waals surface area contributed by atoms with Gasteiger partial charge >= 0.3 is 5.97 Å². The van der Waals surface area contributed by atoms with Gasteiger partial charge in [-0.1, -0.05) is 406 Å². The number of carbonyl (C=O) groups is 1. The molecule has 0 aromatic rings. The third-order valence-electron chi connectivity index (χ3n) is 16.2. The molecule has 0 amide bonds. The maximum absolute atomic E-state index is 12.2. The first kappa shape index (κ1) is 69.5. The highest BCUT2D eigenvalue weighted by Crippen LogP contribution is 2.20. The van der Waals surface area contributed by atoms with E-state index < -0.39 is 0 Å². The van der Waals surface area contributed by atoms with Crippen LogP contribution in [-0.2, 0) is 9.53 Å².